The molecule has 1 aromatic heterocycles. The molecule has 0 saturated carbocycles. The first-order chi connectivity index (χ1) is 13.3. The Bertz CT molecular complexity index is 746. The number of rotatable bonds is 8. The highest BCUT2D eigenvalue weighted by atomic mass is 127. The lowest BCUT2D eigenvalue weighted by Gasteiger charge is -2.35. The lowest BCUT2D eigenvalue weighted by Crippen LogP contribution is -2.54. The van der Waals surface area contributed by atoms with Crippen molar-refractivity contribution in [3.8, 4) is 0 Å². The normalized spacial score (nSPS) is 15.7. The van der Waals surface area contributed by atoms with Crippen LogP contribution in [0.1, 0.15) is 25.5 Å². The second-order valence-corrected chi connectivity index (χ2v) is 8.81. The van der Waals surface area contributed by atoms with Crippen LogP contribution in [0.15, 0.2) is 21.8 Å². The number of piperazine rings is 1. The van der Waals surface area contributed by atoms with E-state index in [0.717, 1.165) is 19.4 Å². The van der Waals surface area contributed by atoms with Gasteiger partial charge in [-0.1, -0.05) is 18.5 Å². The number of amides is 1. The van der Waals surface area contributed by atoms with Crippen LogP contribution < -0.4 is 5.32 Å². The number of carbonyl (C=O) groups is 1. The van der Waals surface area contributed by atoms with E-state index in [1.54, 1.807) is 20.2 Å². The Morgan fingerprint density at radius 2 is 2.00 bits per heavy atom. The summed E-state index contributed by atoms with van der Waals surface area (Å²) in [5.41, 5.74) is 0.396. The maximum Gasteiger partial charge on any atom is 0.243 e. The zero-order chi connectivity index (χ0) is 20.6. The molecule has 0 radical (unpaired) electrons. The predicted molar refractivity (Wildman–Crippen MR) is 122 cm³/mol. The Balaban J connectivity index is 0.00000420. The van der Waals surface area contributed by atoms with Crippen LogP contribution in [0.3, 0.4) is 0 Å². The molecule has 0 aliphatic carbocycles. The standard InChI is InChI=1S/C17H30N6O4S.HI/c1-4-5-7-18-17(19-13-16(24)21(2)3)22-8-10-23(11-9-22)28(25,26)14-15-6-12-27-20-15;/h6,12H,4-5,7-11,13-14H2,1-3H3,(H,18,19);1H. The van der Waals surface area contributed by atoms with Gasteiger partial charge >= 0.3 is 0 Å². The number of sulfonamides is 1. The third-order valence-electron chi connectivity index (χ3n) is 4.43. The van der Waals surface area contributed by atoms with Crippen molar-refractivity contribution in [2.75, 3.05) is 53.4 Å². The number of halogens is 1. The summed E-state index contributed by atoms with van der Waals surface area (Å²) < 4.78 is 31.3. The summed E-state index contributed by atoms with van der Waals surface area (Å²) in [7, 11) is -0.0602. The van der Waals surface area contributed by atoms with Crippen LogP contribution in [-0.4, -0.2) is 92.9 Å². The van der Waals surface area contributed by atoms with E-state index >= 15 is 0 Å². The maximum absolute atomic E-state index is 12.6. The van der Waals surface area contributed by atoms with Crippen molar-refractivity contribution in [3.63, 3.8) is 0 Å². The summed E-state index contributed by atoms with van der Waals surface area (Å²) in [4.78, 5) is 19.8. The molecule has 10 nitrogen and oxygen atoms in total. The fourth-order valence-electron chi connectivity index (χ4n) is 2.70. The van der Waals surface area contributed by atoms with Gasteiger partial charge in [-0.05, 0) is 6.42 Å². The predicted octanol–water partition coefficient (Wildman–Crippen LogP) is 0.574. The van der Waals surface area contributed by atoms with Gasteiger partial charge in [-0.2, -0.15) is 4.31 Å². The molecule has 0 spiro atoms. The van der Waals surface area contributed by atoms with Gasteiger partial charge in [0.05, 0.1) is 5.69 Å². The minimum absolute atomic E-state index is 0. The maximum atomic E-state index is 12.6. The molecule has 0 bridgehead atoms. The zero-order valence-electron chi connectivity index (χ0n) is 17.2. The Hall–Kier alpha value is -1.41. The summed E-state index contributed by atoms with van der Waals surface area (Å²) in [6, 6.07) is 1.55. The fourth-order valence-corrected chi connectivity index (χ4v) is 4.12. The molecule has 1 amide bonds. The summed E-state index contributed by atoms with van der Waals surface area (Å²) in [6.07, 6.45) is 3.40. The lowest BCUT2D eigenvalue weighted by atomic mass is 10.3. The van der Waals surface area contributed by atoms with E-state index in [0.29, 0.717) is 37.8 Å². The first-order valence-corrected chi connectivity index (χ1v) is 11.0. The third kappa shape index (κ3) is 8.09. The Morgan fingerprint density at radius 1 is 1.31 bits per heavy atom. The van der Waals surface area contributed by atoms with Crippen molar-refractivity contribution in [1.29, 1.82) is 0 Å². The van der Waals surface area contributed by atoms with Crippen molar-refractivity contribution in [2.45, 2.75) is 25.5 Å². The van der Waals surface area contributed by atoms with Crippen LogP contribution in [0.4, 0.5) is 0 Å². The number of unbranched alkanes of at least 4 members (excludes halogenated alkanes) is 1. The minimum Gasteiger partial charge on any atom is -0.364 e. The third-order valence-corrected chi connectivity index (χ3v) is 6.24. The fraction of sp³-hybridized carbons (Fsp3) is 0.706. The van der Waals surface area contributed by atoms with Crippen molar-refractivity contribution in [3.05, 3.63) is 18.0 Å². The van der Waals surface area contributed by atoms with Gasteiger partial charge in [-0.25, -0.2) is 13.4 Å². The molecular formula is C17H31IN6O4S. The Kier molecular flexibility index (Phi) is 10.9. The van der Waals surface area contributed by atoms with Crippen LogP contribution in [0, 0.1) is 0 Å². The summed E-state index contributed by atoms with van der Waals surface area (Å²) >= 11 is 0. The molecule has 0 aromatic carbocycles. The number of hydrogen-bond acceptors (Lipinski definition) is 6. The van der Waals surface area contributed by atoms with Crippen molar-refractivity contribution in [2.24, 2.45) is 4.99 Å². The smallest absolute Gasteiger partial charge is 0.243 e. The van der Waals surface area contributed by atoms with E-state index < -0.39 is 10.0 Å². The molecule has 2 heterocycles. The van der Waals surface area contributed by atoms with Crippen LogP contribution in [0.2, 0.25) is 0 Å². The van der Waals surface area contributed by atoms with Gasteiger partial charge in [-0.15, -0.1) is 24.0 Å². The van der Waals surface area contributed by atoms with Crippen molar-refractivity contribution >= 4 is 45.9 Å². The average molecular weight is 542 g/mol. The Morgan fingerprint density at radius 3 is 2.55 bits per heavy atom. The summed E-state index contributed by atoms with van der Waals surface area (Å²) in [5, 5.41) is 6.97. The van der Waals surface area contributed by atoms with E-state index in [1.165, 1.54) is 15.5 Å². The van der Waals surface area contributed by atoms with Gasteiger partial charge in [-0.3, -0.25) is 4.79 Å². The van der Waals surface area contributed by atoms with Gasteiger partial charge in [0.1, 0.15) is 18.6 Å². The molecule has 2 rings (SSSR count). The molecule has 12 heteroatoms. The van der Waals surface area contributed by atoms with Gasteiger partial charge in [0.15, 0.2) is 5.96 Å². The first kappa shape index (κ1) is 25.6. The summed E-state index contributed by atoms with van der Waals surface area (Å²) in [5.74, 6) is 0.400. The van der Waals surface area contributed by atoms with Crippen LogP contribution >= 0.6 is 24.0 Å². The van der Waals surface area contributed by atoms with Crippen molar-refractivity contribution < 1.29 is 17.7 Å². The molecule has 29 heavy (non-hydrogen) atoms. The quantitative estimate of drug-likeness (QED) is 0.221. The van der Waals surface area contributed by atoms with Gasteiger partial charge in [0.2, 0.25) is 15.9 Å². The van der Waals surface area contributed by atoms with Crippen LogP contribution in [0.25, 0.3) is 0 Å². The highest BCUT2D eigenvalue weighted by molar-refractivity contribution is 14.0. The number of nitrogens with zero attached hydrogens (tertiary/aromatic N) is 5. The molecule has 1 saturated heterocycles. The summed E-state index contributed by atoms with van der Waals surface area (Å²) in [6.45, 7) is 4.65. The zero-order valence-corrected chi connectivity index (χ0v) is 20.4. The molecule has 1 aliphatic heterocycles. The van der Waals surface area contributed by atoms with Gasteiger partial charge in [0, 0.05) is 52.9 Å². The van der Waals surface area contributed by atoms with E-state index in [4.69, 9.17) is 4.52 Å². The second kappa shape index (κ2) is 12.3. The lowest BCUT2D eigenvalue weighted by molar-refractivity contribution is -0.127. The van der Waals surface area contributed by atoms with E-state index in [2.05, 4.69) is 22.4 Å². The highest BCUT2D eigenvalue weighted by Gasteiger charge is 2.29. The number of likely N-dealkylation sites (N-methyl/N-ethyl adjacent to an activating group) is 1. The van der Waals surface area contributed by atoms with Gasteiger partial charge in [0.25, 0.3) is 0 Å². The van der Waals surface area contributed by atoms with E-state index in [9.17, 15) is 13.2 Å². The minimum atomic E-state index is -3.45. The molecule has 1 fully saturated rings. The number of guanidine groups is 1. The number of aliphatic imine (C=N–C) groups is 1. The largest absolute Gasteiger partial charge is 0.364 e. The SMILES string of the molecule is CCCCNC(=NCC(=O)N(C)C)N1CCN(S(=O)(=O)Cc2ccon2)CC1.I. The monoisotopic (exact) mass is 542 g/mol. The number of aromatic nitrogens is 1. The van der Waals surface area contributed by atoms with Gasteiger partial charge < -0.3 is 19.6 Å². The molecule has 1 aromatic rings. The molecular weight excluding hydrogens is 511 g/mol. The number of nitrogens with one attached hydrogen (secondary N) is 1. The Labute approximate surface area is 189 Å². The van der Waals surface area contributed by atoms with Crippen LogP contribution in [-0.2, 0) is 20.6 Å². The average Bonchev–Trinajstić information content (AvgIpc) is 3.16. The van der Waals surface area contributed by atoms with Crippen LogP contribution in [0.5, 0.6) is 0 Å². The van der Waals surface area contributed by atoms with E-state index in [-0.39, 0.29) is 42.2 Å². The molecule has 0 atom stereocenters. The number of hydrogen-bond donors (Lipinski definition) is 1. The molecule has 1 aliphatic rings. The first-order valence-electron chi connectivity index (χ1n) is 9.44. The highest BCUT2D eigenvalue weighted by Crippen LogP contribution is 2.13. The topological polar surface area (TPSA) is 111 Å². The molecule has 166 valence electrons. The molecule has 1 N–H and O–H groups in total. The second-order valence-electron chi connectivity index (χ2n) is 6.84. The molecule has 0 unspecified atom stereocenters. The number of carbonyl (C=O) groups excluding carboxylic acids is 1. The van der Waals surface area contributed by atoms with Crippen molar-refractivity contribution in [1.82, 2.24) is 24.6 Å². The van der Waals surface area contributed by atoms with E-state index in [1.807, 2.05) is 4.90 Å².